The van der Waals surface area contributed by atoms with E-state index in [0.29, 0.717) is 0 Å². The highest BCUT2D eigenvalue weighted by atomic mass is 19.3. The number of rotatable bonds is 3. The molecule has 0 heterocycles. The van der Waals surface area contributed by atoms with Crippen LogP contribution in [0.4, 0.5) is 13.2 Å². The third-order valence-electron chi connectivity index (χ3n) is 0.831. The molecule has 0 amide bonds. The molecule has 0 saturated carbocycles. The maximum absolute atomic E-state index is 11.8. The highest BCUT2D eigenvalue weighted by Gasteiger charge is 2.10. The van der Waals surface area contributed by atoms with Gasteiger partial charge in [0.15, 0.2) is 5.83 Å². The molecule has 0 bridgehead atoms. The van der Waals surface area contributed by atoms with E-state index in [9.17, 15) is 13.2 Å². The van der Waals surface area contributed by atoms with Crippen LogP contribution in [0.1, 0.15) is 6.42 Å². The normalized spacial score (nSPS) is 12.9. The molecule has 0 fully saturated rings. The summed E-state index contributed by atoms with van der Waals surface area (Å²) >= 11 is 0. The Kier molecular flexibility index (Phi) is 4.06. The Hall–Kier alpha value is -0.550. The van der Waals surface area contributed by atoms with Crippen molar-refractivity contribution in [3.05, 3.63) is 11.9 Å². The minimum Gasteiger partial charge on any atom is -0.394 e. The summed E-state index contributed by atoms with van der Waals surface area (Å²) < 4.78 is 34.3. The van der Waals surface area contributed by atoms with E-state index in [1.807, 2.05) is 0 Å². The molecule has 0 aliphatic heterocycles. The summed E-state index contributed by atoms with van der Waals surface area (Å²) in [5, 5.41) is 16.5. The largest absolute Gasteiger partial charge is 0.394 e. The van der Waals surface area contributed by atoms with Gasteiger partial charge in [0.1, 0.15) is 0 Å². The molecule has 60 valence electrons. The second-order valence-electron chi connectivity index (χ2n) is 1.71. The first kappa shape index (κ1) is 9.45. The fourth-order valence-electron chi connectivity index (χ4n) is 0.349. The quantitative estimate of drug-likeness (QED) is 0.634. The van der Waals surface area contributed by atoms with Crippen LogP contribution in [0.3, 0.4) is 0 Å². The van der Waals surface area contributed by atoms with Gasteiger partial charge in [-0.25, -0.2) is 4.39 Å². The van der Waals surface area contributed by atoms with Crippen molar-refractivity contribution in [1.82, 2.24) is 0 Å². The van der Waals surface area contributed by atoms with Crippen LogP contribution in [0, 0.1) is 0 Å². The van der Waals surface area contributed by atoms with E-state index in [-0.39, 0.29) is 0 Å². The molecule has 0 aromatic heterocycles. The summed E-state index contributed by atoms with van der Waals surface area (Å²) in [7, 11) is 0. The minimum atomic E-state index is -2.45. The fourth-order valence-corrected chi connectivity index (χ4v) is 0.349. The summed E-state index contributed by atoms with van der Waals surface area (Å²) in [6.45, 7) is -0.722. The van der Waals surface area contributed by atoms with Crippen molar-refractivity contribution in [2.24, 2.45) is 0 Å². The van der Waals surface area contributed by atoms with Crippen LogP contribution in [0.15, 0.2) is 11.9 Å². The minimum absolute atomic E-state index is 0.722. The average Bonchev–Trinajstić information content (AvgIpc) is 1.87. The van der Waals surface area contributed by atoms with E-state index >= 15 is 0 Å². The monoisotopic (exact) mass is 156 g/mol. The van der Waals surface area contributed by atoms with Gasteiger partial charge in [0.2, 0.25) is 0 Å². The lowest BCUT2D eigenvalue weighted by Gasteiger charge is -2.02. The third-order valence-corrected chi connectivity index (χ3v) is 0.831. The Bertz CT molecular complexity index is 131. The van der Waals surface area contributed by atoms with Crippen LogP contribution >= 0.6 is 0 Å². The van der Waals surface area contributed by atoms with Crippen molar-refractivity contribution in [3.63, 3.8) is 0 Å². The van der Waals surface area contributed by atoms with E-state index in [0.717, 1.165) is 0 Å². The first-order valence-corrected chi connectivity index (χ1v) is 2.56. The lowest BCUT2D eigenvalue weighted by Crippen LogP contribution is -2.11. The molecule has 1 atom stereocenters. The van der Waals surface area contributed by atoms with E-state index in [4.69, 9.17) is 10.2 Å². The molecule has 1 unspecified atom stereocenters. The Morgan fingerprint density at radius 3 is 2.10 bits per heavy atom. The molecule has 0 saturated heterocycles. The topological polar surface area (TPSA) is 40.5 Å². The van der Waals surface area contributed by atoms with Gasteiger partial charge in [-0.2, -0.15) is 8.78 Å². The van der Waals surface area contributed by atoms with E-state index in [1.54, 1.807) is 0 Å². The standard InChI is InChI=1S/C5H7F3O2/c6-4(5(7)8)1-3(10)2-9/h3,9-10H,1-2H2. The predicted molar refractivity (Wildman–Crippen MR) is 28.1 cm³/mol. The fraction of sp³-hybridized carbons (Fsp3) is 0.600. The van der Waals surface area contributed by atoms with E-state index in [1.165, 1.54) is 0 Å². The summed E-state index contributed by atoms with van der Waals surface area (Å²) in [5.74, 6) is -1.68. The van der Waals surface area contributed by atoms with Crippen molar-refractivity contribution < 1.29 is 23.4 Å². The number of aliphatic hydroxyl groups is 2. The molecular formula is C5H7F3O2. The highest BCUT2D eigenvalue weighted by Crippen LogP contribution is 2.14. The highest BCUT2D eigenvalue weighted by molar-refractivity contribution is 4.93. The van der Waals surface area contributed by atoms with E-state index in [2.05, 4.69) is 0 Å². The van der Waals surface area contributed by atoms with Crippen LogP contribution in [0.2, 0.25) is 0 Å². The maximum atomic E-state index is 11.8. The molecule has 0 radical (unpaired) electrons. The number of halogens is 3. The average molecular weight is 156 g/mol. The molecule has 0 rings (SSSR count). The van der Waals surface area contributed by atoms with Gasteiger partial charge in [-0.15, -0.1) is 0 Å². The summed E-state index contributed by atoms with van der Waals surface area (Å²) in [4.78, 5) is 0. The maximum Gasteiger partial charge on any atom is 0.301 e. The Morgan fingerprint density at radius 1 is 1.30 bits per heavy atom. The van der Waals surface area contributed by atoms with Crippen molar-refractivity contribution >= 4 is 0 Å². The molecule has 10 heavy (non-hydrogen) atoms. The van der Waals surface area contributed by atoms with Gasteiger partial charge in [0.25, 0.3) is 0 Å². The molecule has 0 aliphatic carbocycles. The number of hydrogen-bond acceptors (Lipinski definition) is 2. The van der Waals surface area contributed by atoms with Gasteiger partial charge in [0, 0.05) is 6.42 Å². The van der Waals surface area contributed by atoms with Crippen molar-refractivity contribution in [1.29, 1.82) is 0 Å². The molecule has 2 nitrogen and oxygen atoms in total. The summed E-state index contributed by atoms with van der Waals surface area (Å²) in [6.07, 6.45) is -4.73. The molecule has 2 N–H and O–H groups in total. The molecule has 0 aromatic carbocycles. The smallest absolute Gasteiger partial charge is 0.301 e. The molecular weight excluding hydrogens is 149 g/mol. The zero-order valence-corrected chi connectivity index (χ0v) is 5.02. The Balaban J connectivity index is 3.79. The lowest BCUT2D eigenvalue weighted by atomic mass is 10.2. The van der Waals surface area contributed by atoms with Crippen LogP contribution in [0.5, 0.6) is 0 Å². The number of aliphatic hydroxyl groups excluding tert-OH is 2. The van der Waals surface area contributed by atoms with Gasteiger partial charge in [0.05, 0.1) is 12.7 Å². The van der Waals surface area contributed by atoms with Gasteiger partial charge in [-0.05, 0) is 0 Å². The van der Waals surface area contributed by atoms with Crippen molar-refractivity contribution in [3.8, 4) is 0 Å². The third kappa shape index (κ3) is 3.47. The van der Waals surface area contributed by atoms with Crippen molar-refractivity contribution in [2.45, 2.75) is 12.5 Å². The van der Waals surface area contributed by atoms with Crippen LogP contribution in [-0.4, -0.2) is 22.9 Å². The Labute approximate surface area is 55.6 Å². The van der Waals surface area contributed by atoms with E-state index < -0.39 is 31.0 Å². The van der Waals surface area contributed by atoms with Gasteiger partial charge in [-0.3, -0.25) is 0 Å². The lowest BCUT2D eigenvalue weighted by molar-refractivity contribution is 0.0891. The van der Waals surface area contributed by atoms with Crippen LogP contribution < -0.4 is 0 Å². The zero-order valence-electron chi connectivity index (χ0n) is 5.02. The first-order chi connectivity index (χ1) is 4.57. The summed E-state index contributed by atoms with van der Waals surface area (Å²) in [5.41, 5.74) is 0. The predicted octanol–water partition coefficient (Wildman–Crippen LogP) is 0.807. The van der Waals surface area contributed by atoms with Gasteiger partial charge >= 0.3 is 6.08 Å². The Morgan fingerprint density at radius 2 is 1.80 bits per heavy atom. The molecule has 0 spiro atoms. The van der Waals surface area contributed by atoms with Crippen LogP contribution in [0.25, 0.3) is 0 Å². The van der Waals surface area contributed by atoms with Crippen molar-refractivity contribution in [2.75, 3.05) is 6.61 Å². The van der Waals surface area contributed by atoms with Gasteiger partial charge in [-0.1, -0.05) is 0 Å². The number of hydrogen-bond donors (Lipinski definition) is 2. The van der Waals surface area contributed by atoms with Crippen LogP contribution in [-0.2, 0) is 0 Å². The molecule has 5 heteroatoms. The first-order valence-electron chi connectivity index (χ1n) is 2.56. The van der Waals surface area contributed by atoms with Gasteiger partial charge < -0.3 is 10.2 Å². The second-order valence-corrected chi connectivity index (χ2v) is 1.71. The molecule has 0 aliphatic rings. The second kappa shape index (κ2) is 4.29. The summed E-state index contributed by atoms with van der Waals surface area (Å²) in [6, 6.07) is 0. The zero-order chi connectivity index (χ0) is 8.15. The SMILES string of the molecule is OCC(O)CC(F)=C(F)F. The molecule has 0 aromatic rings.